The third-order valence-corrected chi connectivity index (χ3v) is 6.77. The van der Waals surface area contributed by atoms with Crippen LogP contribution in [0.1, 0.15) is 52.1 Å². The van der Waals surface area contributed by atoms with Gasteiger partial charge in [-0.15, -0.1) is 0 Å². The molecule has 5 heteroatoms. The highest BCUT2D eigenvalue weighted by molar-refractivity contribution is 9.10. The fraction of sp³-hybridized carbons (Fsp3) is 0.643. The SMILES string of the molecule is CC1(C)CC(c2ccc(N)c(Br)n2)CC(C)(C)S1=O. The number of nitrogens with two attached hydrogens (primary N) is 1. The van der Waals surface area contributed by atoms with Gasteiger partial charge in [0.1, 0.15) is 4.60 Å². The zero-order valence-electron chi connectivity index (χ0n) is 11.9. The Morgan fingerprint density at radius 3 is 2.26 bits per heavy atom. The van der Waals surface area contributed by atoms with Crippen molar-refractivity contribution >= 4 is 32.4 Å². The van der Waals surface area contributed by atoms with Crippen molar-refractivity contribution in [3.8, 4) is 0 Å². The lowest BCUT2D eigenvalue weighted by Gasteiger charge is -2.43. The number of anilines is 1. The Kier molecular flexibility index (Phi) is 3.82. The maximum Gasteiger partial charge on any atom is 0.129 e. The van der Waals surface area contributed by atoms with Crippen molar-refractivity contribution in [3.05, 3.63) is 22.4 Å². The van der Waals surface area contributed by atoms with E-state index in [0.717, 1.165) is 18.5 Å². The summed E-state index contributed by atoms with van der Waals surface area (Å²) >= 11 is 3.39. The fourth-order valence-corrected chi connectivity index (χ4v) is 5.59. The molecule has 0 atom stereocenters. The van der Waals surface area contributed by atoms with Gasteiger partial charge in [0.15, 0.2) is 0 Å². The molecule has 0 bridgehead atoms. The molecule has 0 aliphatic carbocycles. The lowest BCUT2D eigenvalue weighted by atomic mass is 9.85. The van der Waals surface area contributed by atoms with Gasteiger partial charge in [0.2, 0.25) is 0 Å². The van der Waals surface area contributed by atoms with E-state index in [0.29, 0.717) is 16.2 Å². The number of pyridine rings is 1. The summed E-state index contributed by atoms with van der Waals surface area (Å²) in [6.45, 7) is 8.35. The molecule has 1 fully saturated rings. The number of hydrogen-bond acceptors (Lipinski definition) is 3. The maximum atomic E-state index is 12.5. The topological polar surface area (TPSA) is 56.0 Å². The molecule has 1 aromatic rings. The van der Waals surface area contributed by atoms with Crippen LogP contribution < -0.4 is 5.73 Å². The monoisotopic (exact) mass is 344 g/mol. The van der Waals surface area contributed by atoms with Crippen molar-refractivity contribution in [1.82, 2.24) is 4.98 Å². The van der Waals surface area contributed by atoms with Crippen molar-refractivity contribution in [2.75, 3.05) is 5.73 Å². The van der Waals surface area contributed by atoms with E-state index in [1.807, 2.05) is 12.1 Å². The van der Waals surface area contributed by atoms with Crippen LogP contribution in [0.3, 0.4) is 0 Å². The molecule has 1 aliphatic heterocycles. The molecular formula is C14H21BrN2OS. The summed E-state index contributed by atoms with van der Waals surface area (Å²) in [5.41, 5.74) is 7.48. The summed E-state index contributed by atoms with van der Waals surface area (Å²) in [4.78, 5) is 4.55. The molecule has 2 N–H and O–H groups in total. The number of rotatable bonds is 1. The van der Waals surface area contributed by atoms with Crippen LogP contribution in [-0.4, -0.2) is 18.7 Å². The second-order valence-corrected chi connectivity index (χ2v) is 10.0. The summed E-state index contributed by atoms with van der Waals surface area (Å²) < 4.78 is 12.9. The van der Waals surface area contributed by atoms with E-state index < -0.39 is 10.8 Å². The van der Waals surface area contributed by atoms with E-state index in [9.17, 15) is 4.21 Å². The molecule has 1 aliphatic rings. The Bertz CT molecular complexity index is 508. The number of nitrogens with zero attached hydrogens (tertiary/aromatic N) is 1. The van der Waals surface area contributed by atoms with Crippen LogP contribution in [0.4, 0.5) is 5.69 Å². The van der Waals surface area contributed by atoms with Crippen LogP contribution in [0.15, 0.2) is 16.7 Å². The molecule has 1 saturated heterocycles. The van der Waals surface area contributed by atoms with Gasteiger partial charge in [-0.1, -0.05) is 0 Å². The average Bonchev–Trinajstić information content (AvgIpc) is 2.28. The third-order valence-electron chi connectivity index (χ3n) is 3.80. The quantitative estimate of drug-likeness (QED) is 0.791. The predicted octanol–water partition coefficient (Wildman–Crippen LogP) is 3.61. The van der Waals surface area contributed by atoms with Crippen molar-refractivity contribution in [2.45, 2.75) is 55.9 Å². The van der Waals surface area contributed by atoms with Crippen LogP contribution >= 0.6 is 15.9 Å². The zero-order valence-corrected chi connectivity index (χ0v) is 14.3. The lowest BCUT2D eigenvalue weighted by Crippen LogP contribution is -2.47. The van der Waals surface area contributed by atoms with Gasteiger partial charge in [0.25, 0.3) is 0 Å². The van der Waals surface area contributed by atoms with Gasteiger partial charge in [-0.3, -0.25) is 4.21 Å². The van der Waals surface area contributed by atoms with Gasteiger partial charge in [-0.2, -0.15) is 0 Å². The van der Waals surface area contributed by atoms with Gasteiger partial charge in [0.05, 0.1) is 5.69 Å². The first-order valence-corrected chi connectivity index (χ1v) is 8.42. The summed E-state index contributed by atoms with van der Waals surface area (Å²) in [5, 5.41) is 0. The molecule has 106 valence electrons. The van der Waals surface area contributed by atoms with Crippen molar-refractivity contribution in [2.24, 2.45) is 0 Å². The molecule has 0 saturated carbocycles. The summed E-state index contributed by atoms with van der Waals surface area (Å²) in [7, 11) is -0.829. The predicted molar refractivity (Wildman–Crippen MR) is 84.6 cm³/mol. The first-order valence-electron chi connectivity index (χ1n) is 6.47. The molecule has 3 nitrogen and oxygen atoms in total. The normalized spacial score (nSPS) is 29.1. The Morgan fingerprint density at radius 1 is 1.26 bits per heavy atom. The van der Waals surface area contributed by atoms with Gasteiger partial charge in [-0.05, 0) is 68.6 Å². The van der Waals surface area contributed by atoms with Gasteiger partial charge in [0, 0.05) is 31.9 Å². The van der Waals surface area contributed by atoms with E-state index in [2.05, 4.69) is 48.6 Å². The first-order chi connectivity index (χ1) is 8.63. The number of aromatic nitrogens is 1. The second-order valence-electron chi connectivity index (χ2n) is 6.51. The second kappa shape index (κ2) is 4.85. The highest BCUT2D eigenvalue weighted by Crippen LogP contribution is 2.45. The lowest BCUT2D eigenvalue weighted by molar-refractivity contribution is 0.400. The van der Waals surface area contributed by atoms with Crippen LogP contribution in [-0.2, 0) is 10.8 Å². The molecule has 0 amide bonds. The third kappa shape index (κ3) is 2.87. The zero-order chi connectivity index (χ0) is 14.4. The Morgan fingerprint density at radius 2 is 1.79 bits per heavy atom. The average molecular weight is 345 g/mol. The van der Waals surface area contributed by atoms with Crippen LogP contribution in [0, 0.1) is 0 Å². The first kappa shape index (κ1) is 15.0. The standard InChI is InChI=1S/C14H21BrN2OS/c1-13(2)7-9(8-14(3,4)19(13)18)11-6-5-10(16)12(15)17-11/h5-6,9H,7-8,16H2,1-4H3. The molecule has 0 aromatic carbocycles. The molecule has 19 heavy (non-hydrogen) atoms. The van der Waals surface area contributed by atoms with Gasteiger partial charge in [-0.25, -0.2) is 4.98 Å². The van der Waals surface area contributed by atoms with Crippen LogP contribution in [0.5, 0.6) is 0 Å². The van der Waals surface area contributed by atoms with E-state index in [1.165, 1.54) is 0 Å². The van der Waals surface area contributed by atoms with Crippen molar-refractivity contribution in [3.63, 3.8) is 0 Å². The molecule has 0 spiro atoms. The smallest absolute Gasteiger partial charge is 0.129 e. The minimum absolute atomic E-state index is 0.179. The van der Waals surface area contributed by atoms with Crippen LogP contribution in [0.25, 0.3) is 0 Å². The van der Waals surface area contributed by atoms with Gasteiger partial charge < -0.3 is 5.73 Å². The molecular weight excluding hydrogens is 324 g/mol. The molecule has 0 unspecified atom stereocenters. The van der Waals surface area contributed by atoms with E-state index >= 15 is 0 Å². The molecule has 0 radical (unpaired) electrons. The van der Waals surface area contributed by atoms with Crippen molar-refractivity contribution < 1.29 is 4.21 Å². The van der Waals surface area contributed by atoms with E-state index in [1.54, 1.807) is 0 Å². The highest BCUT2D eigenvalue weighted by Gasteiger charge is 2.46. The largest absolute Gasteiger partial charge is 0.397 e. The highest BCUT2D eigenvalue weighted by atomic mass is 79.9. The summed E-state index contributed by atoms with van der Waals surface area (Å²) in [5.74, 6) is 0.333. The van der Waals surface area contributed by atoms with Gasteiger partial charge >= 0.3 is 0 Å². The Labute approximate surface area is 126 Å². The van der Waals surface area contributed by atoms with E-state index in [4.69, 9.17) is 5.73 Å². The maximum absolute atomic E-state index is 12.5. The van der Waals surface area contributed by atoms with Crippen LogP contribution in [0.2, 0.25) is 0 Å². The minimum Gasteiger partial charge on any atom is -0.397 e. The number of hydrogen-bond donors (Lipinski definition) is 1. The van der Waals surface area contributed by atoms with E-state index in [-0.39, 0.29) is 9.49 Å². The molecule has 2 heterocycles. The minimum atomic E-state index is -0.829. The fourth-order valence-electron chi connectivity index (χ4n) is 3.05. The molecule has 1 aromatic heterocycles. The summed E-state index contributed by atoms with van der Waals surface area (Å²) in [6.07, 6.45) is 1.79. The number of nitrogen functional groups attached to an aromatic ring is 1. The Balaban J connectivity index is 2.36. The number of halogens is 1. The summed E-state index contributed by atoms with van der Waals surface area (Å²) in [6, 6.07) is 3.88. The molecule has 2 rings (SSSR count). The van der Waals surface area contributed by atoms with Crippen molar-refractivity contribution in [1.29, 1.82) is 0 Å². The Hall–Kier alpha value is -0.420.